The molecule has 0 fully saturated rings. The number of nitrogens with one attached hydrogen (secondary N) is 1. The molecule has 22 heavy (non-hydrogen) atoms. The highest BCUT2D eigenvalue weighted by atomic mass is 16.5. The van der Waals surface area contributed by atoms with Crippen molar-refractivity contribution in [2.75, 3.05) is 20.3 Å². The zero-order valence-corrected chi connectivity index (χ0v) is 12.7. The first-order chi connectivity index (χ1) is 10.4. The van der Waals surface area contributed by atoms with Gasteiger partial charge in [0.05, 0.1) is 11.1 Å². The van der Waals surface area contributed by atoms with E-state index in [1.54, 1.807) is 38.3 Å². The first-order valence-corrected chi connectivity index (χ1v) is 6.99. The molecule has 7 nitrogen and oxygen atoms in total. The van der Waals surface area contributed by atoms with E-state index < -0.39 is 11.4 Å². The van der Waals surface area contributed by atoms with Crippen molar-refractivity contribution in [3.05, 3.63) is 34.8 Å². The van der Waals surface area contributed by atoms with Gasteiger partial charge in [0, 0.05) is 26.7 Å². The number of amides is 1. The number of ether oxygens (including phenoxy) is 1. The van der Waals surface area contributed by atoms with Crippen LogP contribution in [-0.2, 0) is 16.1 Å². The van der Waals surface area contributed by atoms with E-state index >= 15 is 0 Å². The van der Waals surface area contributed by atoms with E-state index in [9.17, 15) is 14.7 Å². The lowest BCUT2D eigenvalue weighted by Gasteiger charge is -2.23. The van der Waals surface area contributed by atoms with Crippen LogP contribution in [0.3, 0.4) is 0 Å². The monoisotopic (exact) mass is 308 g/mol. The van der Waals surface area contributed by atoms with Gasteiger partial charge >= 0.3 is 5.76 Å². The van der Waals surface area contributed by atoms with Crippen molar-refractivity contribution in [3.8, 4) is 0 Å². The van der Waals surface area contributed by atoms with Crippen molar-refractivity contribution in [3.63, 3.8) is 0 Å². The molecule has 1 heterocycles. The van der Waals surface area contributed by atoms with Gasteiger partial charge in [-0.3, -0.25) is 9.36 Å². The summed E-state index contributed by atoms with van der Waals surface area (Å²) in [7, 11) is 1.55. The number of para-hydroxylation sites is 2. The van der Waals surface area contributed by atoms with Gasteiger partial charge < -0.3 is 19.6 Å². The summed E-state index contributed by atoms with van der Waals surface area (Å²) in [5, 5.41) is 12.7. The molecular weight excluding hydrogens is 288 g/mol. The molecular formula is C15H20N2O5. The van der Waals surface area contributed by atoms with Crippen LogP contribution in [0.25, 0.3) is 11.1 Å². The highest BCUT2D eigenvalue weighted by molar-refractivity contribution is 5.79. The predicted molar refractivity (Wildman–Crippen MR) is 80.6 cm³/mol. The highest BCUT2D eigenvalue weighted by Crippen LogP contribution is 2.11. The summed E-state index contributed by atoms with van der Waals surface area (Å²) in [6, 6.07) is 6.90. The maximum absolute atomic E-state index is 12.0. The molecule has 0 spiro atoms. The molecule has 1 aromatic heterocycles. The number of carbonyl (C=O) groups is 1. The zero-order chi connectivity index (χ0) is 16.2. The SMILES string of the molecule is COCCC(C)(O)CNC(=O)Cn1c(=O)oc2ccccc21. The van der Waals surface area contributed by atoms with Gasteiger partial charge in [0.1, 0.15) is 6.54 Å². The summed E-state index contributed by atoms with van der Waals surface area (Å²) in [6.07, 6.45) is 0.401. The molecule has 0 aliphatic heterocycles. The maximum Gasteiger partial charge on any atom is 0.420 e. The summed E-state index contributed by atoms with van der Waals surface area (Å²) >= 11 is 0. The van der Waals surface area contributed by atoms with Crippen LogP contribution in [0.1, 0.15) is 13.3 Å². The second-order valence-electron chi connectivity index (χ2n) is 5.44. The molecule has 120 valence electrons. The Kier molecular flexibility index (Phi) is 4.99. The predicted octanol–water partition coefficient (Wildman–Crippen LogP) is 0.498. The summed E-state index contributed by atoms with van der Waals surface area (Å²) in [6.45, 7) is 1.94. The molecule has 2 aromatic rings. The number of hydrogen-bond donors (Lipinski definition) is 2. The van der Waals surface area contributed by atoms with E-state index in [2.05, 4.69) is 5.32 Å². The standard InChI is InChI=1S/C15H20N2O5/c1-15(20,7-8-21-2)10-16-13(18)9-17-11-5-3-4-6-12(11)22-14(17)19/h3-6,20H,7-10H2,1-2H3,(H,16,18). The number of hydrogen-bond acceptors (Lipinski definition) is 5. The smallest absolute Gasteiger partial charge is 0.408 e. The number of rotatable bonds is 7. The molecule has 0 saturated carbocycles. The Morgan fingerprint density at radius 3 is 2.91 bits per heavy atom. The minimum absolute atomic E-state index is 0.0831. The number of carbonyl (C=O) groups excluding carboxylic acids is 1. The molecule has 0 aliphatic carbocycles. The number of benzene rings is 1. The number of nitrogens with zero attached hydrogens (tertiary/aromatic N) is 1. The molecule has 2 rings (SSSR count). The molecule has 1 atom stereocenters. The molecule has 0 radical (unpaired) electrons. The topological polar surface area (TPSA) is 93.7 Å². The van der Waals surface area contributed by atoms with E-state index in [1.165, 1.54) is 4.57 Å². The summed E-state index contributed by atoms with van der Waals surface area (Å²) in [5.41, 5.74) is -0.0593. The molecule has 2 N–H and O–H groups in total. The van der Waals surface area contributed by atoms with E-state index in [1.807, 2.05) is 0 Å². The number of methoxy groups -OCH3 is 1. The van der Waals surface area contributed by atoms with Crippen LogP contribution in [0.15, 0.2) is 33.5 Å². The summed E-state index contributed by atoms with van der Waals surface area (Å²) in [4.78, 5) is 23.7. The van der Waals surface area contributed by atoms with E-state index in [4.69, 9.17) is 9.15 Å². The second-order valence-corrected chi connectivity index (χ2v) is 5.44. The first kappa shape index (κ1) is 16.3. The van der Waals surface area contributed by atoms with Gasteiger partial charge in [-0.1, -0.05) is 12.1 Å². The van der Waals surface area contributed by atoms with Crippen LogP contribution in [0, 0.1) is 0 Å². The first-order valence-electron chi connectivity index (χ1n) is 6.99. The van der Waals surface area contributed by atoms with Gasteiger partial charge in [0.25, 0.3) is 0 Å². The summed E-state index contributed by atoms with van der Waals surface area (Å²) < 4.78 is 11.2. The van der Waals surface area contributed by atoms with Gasteiger partial charge in [-0.15, -0.1) is 0 Å². The van der Waals surface area contributed by atoms with Crippen LogP contribution in [0.4, 0.5) is 0 Å². The van der Waals surface area contributed by atoms with Crippen LogP contribution in [-0.4, -0.2) is 41.4 Å². The fourth-order valence-corrected chi connectivity index (χ4v) is 2.06. The Balaban J connectivity index is 2.00. The van der Waals surface area contributed by atoms with Crippen LogP contribution >= 0.6 is 0 Å². The molecule has 0 bridgehead atoms. The van der Waals surface area contributed by atoms with Crippen molar-refractivity contribution >= 4 is 17.0 Å². The Labute approximate surface area is 127 Å². The Morgan fingerprint density at radius 2 is 2.18 bits per heavy atom. The van der Waals surface area contributed by atoms with Crippen molar-refractivity contribution in [2.45, 2.75) is 25.5 Å². The van der Waals surface area contributed by atoms with E-state index in [0.717, 1.165) is 0 Å². The molecule has 0 aliphatic rings. The lowest BCUT2D eigenvalue weighted by Crippen LogP contribution is -2.43. The lowest BCUT2D eigenvalue weighted by atomic mass is 10.0. The normalized spacial score (nSPS) is 14.0. The largest absolute Gasteiger partial charge is 0.420 e. The maximum atomic E-state index is 12.0. The number of fused-ring (bicyclic) bond motifs is 1. The molecule has 0 saturated heterocycles. The van der Waals surface area contributed by atoms with Gasteiger partial charge in [0.15, 0.2) is 5.58 Å². The minimum atomic E-state index is -1.06. The van der Waals surface area contributed by atoms with Crippen LogP contribution in [0.5, 0.6) is 0 Å². The highest BCUT2D eigenvalue weighted by Gasteiger charge is 2.21. The van der Waals surface area contributed by atoms with Crippen LogP contribution < -0.4 is 11.1 Å². The van der Waals surface area contributed by atoms with Crippen molar-refractivity contribution in [1.82, 2.24) is 9.88 Å². The van der Waals surface area contributed by atoms with Crippen molar-refractivity contribution in [2.24, 2.45) is 0 Å². The van der Waals surface area contributed by atoms with Gasteiger partial charge in [-0.05, 0) is 19.1 Å². The number of aliphatic hydroxyl groups is 1. The van der Waals surface area contributed by atoms with Gasteiger partial charge in [0.2, 0.25) is 5.91 Å². The molecule has 1 unspecified atom stereocenters. The third-order valence-electron chi connectivity index (χ3n) is 3.39. The average Bonchev–Trinajstić information content (AvgIpc) is 2.80. The Morgan fingerprint density at radius 1 is 1.45 bits per heavy atom. The van der Waals surface area contributed by atoms with Crippen molar-refractivity contribution in [1.29, 1.82) is 0 Å². The molecule has 1 aromatic carbocycles. The number of aromatic nitrogens is 1. The zero-order valence-electron chi connectivity index (χ0n) is 12.7. The quantitative estimate of drug-likeness (QED) is 0.777. The van der Waals surface area contributed by atoms with E-state index in [0.29, 0.717) is 24.1 Å². The fraction of sp³-hybridized carbons (Fsp3) is 0.467. The Bertz CT molecular complexity index is 701. The Hall–Kier alpha value is -2.12. The number of oxazole rings is 1. The van der Waals surface area contributed by atoms with Gasteiger partial charge in [-0.25, -0.2) is 4.79 Å². The van der Waals surface area contributed by atoms with Crippen molar-refractivity contribution < 1.29 is 19.1 Å². The third-order valence-corrected chi connectivity index (χ3v) is 3.39. The lowest BCUT2D eigenvalue weighted by molar-refractivity contribution is -0.123. The average molecular weight is 308 g/mol. The van der Waals surface area contributed by atoms with Crippen LogP contribution in [0.2, 0.25) is 0 Å². The molecule has 1 amide bonds. The van der Waals surface area contributed by atoms with Gasteiger partial charge in [-0.2, -0.15) is 0 Å². The molecule has 7 heteroatoms. The fourth-order valence-electron chi connectivity index (χ4n) is 2.06. The second kappa shape index (κ2) is 6.76. The minimum Gasteiger partial charge on any atom is -0.408 e. The third kappa shape index (κ3) is 3.96. The van der Waals surface area contributed by atoms with E-state index in [-0.39, 0.29) is 19.0 Å². The summed E-state index contributed by atoms with van der Waals surface area (Å²) in [5.74, 6) is -0.950.